The first kappa shape index (κ1) is 20.4. The molecule has 8 heteroatoms. The molecular formula is C22H26N6OS. The van der Waals surface area contributed by atoms with Gasteiger partial charge in [-0.1, -0.05) is 42.3 Å². The van der Waals surface area contributed by atoms with E-state index in [-0.39, 0.29) is 11.7 Å². The van der Waals surface area contributed by atoms with Gasteiger partial charge in [0.15, 0.2) is 0 Å². The Hall–Kier alpha value is -2.87. The highest BCUT2D eigenvalue weighted by Crippen LogP contribution is 2.22. The SMILES string of the molecule is Cc1ccc(-n2nnnc2SCC(=O)Nc2ccc(N3CCCCCC3)cc2)cc1. The van der Waals surface area contributed by atoms with Crippen molar-refractivity contribution in [2.24, 2.45) is 0 Å². The van der Waals surface area contributed by atoms with Gasteiger partial charge in [0.25, 0.3) is 0 Å². The van der Waals surface area contributed by atoms with Gasteiger partial charge in [-0.15, -0.1) is 5.10 Å². The number of anilines is 2. The molecule has 2 aromatic carbocycles. The van der Waals surface area contributed by atoms with E-state index >= 15 is 0 Å². The summed E-state index contributed by atoms with van der Waals surface area (Å²) in [4.78, 5) is 14.8. The van der Waals surface area contributed by atoms with Crippen LogP contribution in [0.25, 0.3) is 5.69 Å². The minimum atomic E-state index is -0.0824. The number of nitrogens with one attached hydrogen (secondary N) is 1. The molecular weight excluding hydrogens is 396 g/mol. The van der Waals surface area contributed by atoms with Gasteiger partial charge in [0.1, 0.15) is 0 Å². The third kappa shape index (κ3) is 5.18. The van der Waals surface area contributed by atoms with Crippen LogP contribution in [0.5, 0.6) is 0 Å². The number of carbonyl (C=O) groups is 1. The lowest BCUT2D eigenvalue weighted by atomic mass is 10.2. The first-order valence-corrected chi connectivity index (χ1v) is 11.3. The number of hydrogen-bond acceptors (Lipinski definition) is 6. The summed E-state index contributed by atoms with van der Waals surface area (Å²) in [7, 11) is 0. The predicted molar refractivity (Wildman–Crippen MR) is 120 cm³/mol. The molecule has 3 aromatic rings. The van der Waals surface area contributed by atoms with Crippen LogP contribution in [0.1, 0.15) is 31.2 Å². The van der Waals surface area contributed by atoms with Crippen molar-refractivity contribution in [3.05, 3.63) is 54.1 Å². The molecule has 7 nitrogen and oxygen atoms in total. The van der Waals surface area contributed by atoms with Crippen molar-refractivity contribution >= 4 is 29.0 Å². The molecule has 0 atom stereocenters. The van der Waals surface area contributed by atoms with Crippen molar-refractivity contribution in [3.8, 4) is 5.69 Å². The lowest BCUT2D eigenvalue weighted by Crippen LogP contribution is -2.23. The normalized spacial score (nSPS) is 14.4. The van der Waals surface area contributed by atoms with Crippen LogP contribution in [-0.4, -0.2) is 45.0 Å². The fraction of sp³-hybridized carbons (Fsp3) is 0.364. The van der Waals surface area contributed by atoms with E-state index in [0.29, 0.717) is 5.16 Å². The highest BCUT2D eigenvalue weighted by Gasteiger charge is 2.13. The number of nitrogens with zero attached hydrogens (tertiary/aromatic N) is 5. The Morgan fingerprint density at radius 2 is 1.63 bits per heavy atom. The predicted octanol–water partition coefficient (Wildman–Crippen LogP) is 4.08. The quantitative estimate of drug-likeness (QED) is 0.603. The van der Waals surface area contributed by atoms with Gasteiger partial charge in [0.05, 0.1) is 11.4 Å². The standard InChI is InChI=1S/C22H26N6OS/c1-17-6-10-20(11-7-17)28-22(24-25-26-28)30-16-21(29)23-18-8-12-19(13-9-18)27-14-4-2-3-5-15-27/h6-13H,2-5,14-16H2,1H3,(H,23,29). The Labute approximate surface area is 180 Å². The average Bonchev–Trinajstić information content (AvgIpc) is 3.06. The third-order valence-electron chi connectivity index (χ3n) is 5.17. The Bertz CT molecular complexity index is 962. The van der Waals surface area contributed by atoms with Crippen molar-refractivity contribution in [2.45, 2.75) is 37.8 Å². The number of thioether (sulfide) groups is 1. The zero-order chi connectivity index (χ0) is 20.8. The molecule has 0 spiro atoms. The summed E-state index contributed by atoms with van der Waals surface area (Å²) in [5, 5.41) is 15.4. The van der Waals surface area contributed by atoms with E-state index in [9.17, 15) is 4.79 Å². The number of rotatable bonds is 6. The molecule has 1 aliphatic rings. The van der Waals surface area contributed by atoms with E-state index in [0.717, 1.165) is 24.5 Å². The highest BCUT2D eigenvalue weighted by molar-refractivity contribution is 7.99. The van der Waals surface area contributed by atoms with E-state index in [1.807, 2.05) is 43.3 Å². The molecule has 0 saturated carbocycles. The van der Waals surface area contributed by atoms with E-state index in [1.54, 1.807) is 4.68 Å². The monoisotopic (exact) mass is 422 g/mol. The minimum Gasteiger partial charge on any atom is -0.372 e. The van der Waals surface area contributed by atoms with Crippen LogP contribution in [-0.2, 0) is 4.79 Å². The maximum Gasteiger partial charge on any atom is 0.234 e. The first-order valence-electron chi connectivity index (χ1n) is 10.3. The molecule has 1 aromatic heterocycles. The maximum absolute atomic E-state index is 12.4. The summed E-state index contributed by atoms with van der Waals surface area (Å²) < 4.78 is 1.65. The maximum atomic E-state index is 12.4. The van der Waals surface area contributed by atoms with Crippen molar-refractivity contribution in [2.75, 3.05) is 29.1 Å². The number of benzene rings is 2. The number of tetrazole rings is 1. The Balaban J connectivity index is 1.32. The van der Waals surface area contributed by atoms with E-state index < -0.39 is 0 Å². The van der Waals surface area contributed by atoms with E-state index in [1.165, 1.54) is 48.7 Å². The summed E-state index contributed by atoms with van der Waals surface area (Å²) in [6, 6.07) is 16.1. The van der Waals surface area contributed by atoms with Crippen LogP contribution in [0.2, 0.25) is 0 Å². The molecule has 30 heavy (non-hydrogen) atoms. The Kier molecular flexibility index (Phi) is 6.63. The van der Waals surface area contributed by atoms with E-state index in [4.69, 9.17) is 0 Å². The summed E-state index contributed by atoms with van der Waals surface area (Å²) in [6.45, 7) is 4.25. The Morgan fingerprint density at radius 3 is 2.33 bits per heavy atom. The largest absolute Gasteiger partial charge is 0.372 e. The smallest absolute Gasteiger partial charge is 0.234 e. The zero-order valence-electron chi connectivity index (χ0n) is 17.1. The van der Waals surface area contributed by atoms with Crippen LogP contribution in [0.3, 0.4) is 0 Å². The second-order valence-corrected chi connectivity index (χ2v) is 8.44. The fourth-order valence-electron chi connectivity index (χ4n) is 3.53. The minimum absolute atomic E-state index is 0.0824. The van der Waals surface area contributed by atoms with Crippen LogP contribution in [0, 0.1) is 6.92 Å². The molecule has 1 aliphatic heterocycles. The van der Waals surface area contributed by atoms with E-state index in [2.05, 4.69) is 37.9 Å². The molecule has 0 unspecified atom stereocenters. The van der Waals surface area contributed by atoms with Gasteiger partial charge in [0, 0.05) is 24.5 Å². The van der Waals surface area contributed by atoms with Gasteiger partial charge in [-0.3, -0.25) is 4.79 Å². The van der Waals surface area contributed by atoms with Gasteiger partial charge >= 0.3 is 0 Å². The highest BCUT2D eigenvalue weighted by atomic mass is 32.2. The summed E-state index contributed by atoms with van der Waals surface area (Å²) in [5.74, 6) is 0.154. The summed E-state index contributed by atoms with van der Waals surface area (Å²) in [5.41, 5.74) is 4.07. The lowest BCUT2D eigenvalue weighted by molar-refractivity contribution is -0.113. The number of hydrogen-bond donors (Lipinski definition) is 1. The molecule has 2 heterocycles. The summed E-state index contributed by atoms with van der Waals surface area (Å²) in [6.07, 6.45) is 5.13. The fourth-order valence-corrected chi connectivity index (χ4v) is 4.22. The van der Waals surface area contributed by atoms with Gasteiger partial charge in [-0.25, -0.2) is 0 Å². The number of amides is 1. The average molecular weight is 423 g/mol. The van der Waals surface area contributed by atoms with Crippen molar-refractivity contribution in [3.63, 3.8) is 0 Å². The van der Waals surface area contributed by atoms with Crippen LogP contribution in [0.15, 0.2) is 53.7 Å². The molecule has 156 valence electrons. The Morgan fingerprint density at radius 1 is 0.967 bits per heavy atom. The molecule has 1 saturated heterocycles. The molecule has 1 amide bonds. The molecule has 1 fully saturated rings. The molecule has 0 radical (unpaired) electrons. The van der Waals surface area contributed by atoms with Gasteiger partial charge in [0.2, 0.25) is 11.1 Å². The van der Waals surface area contributed by atoms with Crippen LogP contribution < -0.4 is 10.2 Å². The second kappa shape index (κ2) is 9.75. The molecule has 0 aliphatic carbocycles. The molecule has 4 rings (SSSR count). The zero-order valence-corrected chi connectivity index (χ0v) is 17.9. The number of carbonyl (C=O) groups excluding carboxylic acids is 1. The van der Waals surface area contributed by atoms with Crippen LogP contribution in [0.4, 0.5) is 11.4 Å². The third-order valence-corrected chi connectivity index (χ3v) is 6.09. The lowest BCUT2D eigenvalue weighted by Gasteiger charge is -2.22. The van der Waals surface area contributed by atoms with Gasteiger partial charge < -0.3 is 10.2 Å². The number of aryl methyl sites for hydroxylation is 1. The second-order valence-electron chi connectivity index (χ2n) is 7.49. The number of aromatic nitrogens is 4. The summed E-state index contributed by atoms with van der Waals surface area (Å²) >= 11 is 1.31. The van der Waals surface area contributed by atoms with Gasteiger partial charge in [-0.05, 0) is 66.6 Å². The van der Waals surface area contributed by atoms with Crippen molar-refractivity contribution in [1.29, 1.82) is 0 Å². The van der Waals surface area contributed by atoms with Gasteiger partial charge in [-0.2, -0.15) is 4.68 Å². The van der Waals surface area contributed by atoms with Crippen molar-refractivity contribution < 1.29 is 4.79 Å². The first-order chi connectivity index (χ1) is 14.7. The molecule has 1 N–H and O–H groups in total. The molecule has 0 bridgehead atoms. The van der Waals surface area contributed by atoms with Crippen LogP contribution >= 0.6 is 11.8 Å². The van der Waals surface area contributed by atoms with Crippen molar-refractivity contribution in [1.82, 2.24) is 20.2 Å². The topological polar surface area (TPSA) is 75.9 Å².